The van der Waals surface area contributed by atoms with Crippen LogP contribution in [-0.4, -0.2) is 16.1 Å². The lowest BCUT2D eigenvalue weighted by Crippen LogP contribution is -1.98. The van der Waals surface area contributed by atoms with Gasteiger partial charge in [0.05, 0.1) is 5.56 Å². The number of hydrogen-bond acceptors (Lipinski definition) is 2. The van der Waals surface area contributed by atoms with E-state index < -0.39 is 11.8 Å². The van der Waals surface area contributed by atoms with Crippen molar-refractivity contribution in [2.75, 3.05) is 0 Å². The maximum absolute atomic E-state index is 14.4. The lowest BCUT2D eigenvalue weighted by molar-refractivity contribution is 0.0696. The van der Waals surface area contributed by atoms with Gasteiger partial charge in [-0.1, -0.05) is 42.5 Å². The number of carboxylic acid groups (broad SMARTS) is 1. The van der Waals surface area contributed by atoms with Crippen molar-refractivity contribution in [3.63, 3.8) is 0 Å². The molecule has 1 N–H and O–H groups in total. The number of carbonyl (C=O) groups is 1. The number of hydrogen-bond donors (Lipinski definition) is 1. The van der Waals surface area contributed by atoms with Crippen LogP contribution in [0.15, 0.2) is 67.0 Å². The molecule has 3 rings (SSSR count). The fourth-order valence-corrected chi connectivity index (χ4v) is 2.26. The first-order chi connectivity index (χ1) is 10.6. The van der Waals surface area contributed by atoms with Crippen molar-refractivity contribution in [2.24, 2.45) is 0 Å². The summed E-state index contributed by atoms with van der Waals surface area (Å²) in [6.45, 7) is 0. The first-order valence-electron chi connectivity index (χ1n) is 6.69. The van der Waals surface area contributed by atoms with Gasteiger partial charge in [-0.05, 0) is 23.3 Å². The zero-order chi connectivity index (χ0) is 15.5. The van der Waals surface area contributed by atoms with Crippen molar-refractivity contribution in [1.82, 2.24) is 4.98 Å². The molecule has 0 bridgehead atoms. The van der Waals surface area contributed by atoms with Crippen LogP contribution in [0.1, 0.15) is 10.4 Å². The number of carboxylic acids is 1. The van der Waals surface area contributed by atoms with Crippen molar-refractivity contribution in [3.05, 3.63) is 78.4 Å². The number of halogens is 1. The van der Waals surface area contributed by atoms with E-state index in [1.54, 1.807) is 12.1 Å². The van der Waals surface area contributed by atoms with E-state index in [2.05, 4.69) is 4.98 Å². The van der Waals surface area contributed by atoms with Crippen molar-refractivity contribution >= 4 is 5.97 Å². The molecule has 3 aromatic rings. The number of benzene rings is 2. The molecule has 108 valence electrons. The molecule has 1 heterocycles. The molecule has 0 atom stereocenters. The minimum absolute atomic E-state index is 0.0315. The van der Waals surface area contributed by atoms with Crippen LogP contribution in [0.2, 0.25) is 0 Å². The summed E-state index contributed by atoms with van der Waals surface area (Å²) < 4.78 is 14.4. The molecule has 0 aliphatic heterocycles. The predicted molar refractivity (Wildman–Crippen MR) is 82.0 cm³/mol. The molecule has 0 fully saturated rings. The number of nitrogens with zero attached hydrogens (tertiary/aromatic N) is 1. The molecule has 22 heavy (non-hydrogen) atoms. The van der Waals surface area contributed by atoms with Crippen molar-refractivity contribution in [2.45, 2.75) is 0 Å². The van der Waals surface area contributed by atoms with E-state index in [9.17, 15) is 9.18 Å². The van der Waals surface area contributed by atoms with Crippen LogP contribution in [0.3, 0.4) is 0 Å². The Bertz CT molecular complexity index is 832. The second-order valence-electron chi connectivity index (χ2n) is 4.83. The number of aromatic carboxylic acids is 1. The molecule has 2 aromatic carbocycles. The fourth-order valence-electron chi connectivity index (χ4n) is 2.26. The third-order valence-corrected chi connectivity index (χ3v) is 3.37. The van der Waals surface area contributed by atoms with Gasteiger partial charge in [-0.15, -0.1) is 0 Å². The van der Waals surface area contributed by atoms with Crippen LogP contribution in [-0.2, 0) is 0 Å². The monoisotopic (exact) mass is 293 g/mol. The third-order valence-electron chi connectivity index (χ3n) is 3.37. The van der Waals surface area contributed by atoms with E-state index >= 15 is 0 Å². The molecule has 0 saturated heterocycles. The topological polar surface area (TPSA) is 50.2 Å². The summed E-state index contributed by atoms with van der Waals surface area (Å²) in [5.41, 5.74) is 2.49. The van der Waals surface area contributed by atoms with Gasteiger partial charge in [-0.25, -0.2) is 9.18 Å². The Morgan fingerprint density at radius 3 is 2.36 bits per heavy atom. The molecule has 0 radical (unpaired) electrons. The Balaban J connectivity index is 2.03. The average Bonchev–Trinajstić information content (AvgIpc) is 2.55. The van der Waals surface area contributed by atoms with Crippen LogP contribution in [0.5, 0.6) is 0 Å². The van der Waals surface area contributed by atoms with Gasteiger partial charge in [0, 0.05) is 23.5 Å². The molecule has 0 aliphatic carbocycles. The van der Waals surface area contributed by atoms with Gasteiger partial charge in [0.25, 0.3) is 0 Å². The molecule has 0 spiro atoms. The third kappa shape index (κ3) is 2.72. The number of pyridine rings is 1. The van der Waals surface area contributed by atoms with E-state index in [1.807, 2.05) is 30.3 Å². The highest BCUT2D eigenvalue weighted by Crippen LogP contribution is 2.28. The standard InChI is InChI=1S/C18H12FNO2/c19-17-9-13(12-4-2-1-3-5-12)6-7-16(17)14-8-15(18(21)22)11-20-10-14/h1-11H,(H,21,22). The minimum atomic E-state index is -1.09. The number of aromatic nitrogens is 1. The van der Waals surface area contributed by atoms with Crippen LogP contribution >= 0.6 is 0 Å². The second kappa shape index (κ2) is 5.77. The summed E-state index contributed by atoms with van der Waals surface area (Å²) >= 11 is 0. The molecule has 0 unspecified atom stereocenters. The Morgan fingerprint density at radius 2 is 1.68 bits per heavy atom. The SMILES string of the molecule is O=C(O)c1cncc(-c2ccc(-c3ccccc3)cc2F)c1. The largest absolute Gasteiger partial charge is 0.478 e. The maximum Gasteiger partial charge on any atom is 0.337 e. The lowest BCUT2D eigenvalue weighted by atomic mass is 10.00. The Kier molecular flexibility index (Phi) is 3.66. The quantitative estimate of drug-likeness (QED) is 0.785. The Labute approximate surface area is 126 Å². The van der Waals surface area contributed by atoms with Crippen LogP contribution in [0, 0.1) is 5.82 Å². The van der Waals surface area contributed by atoms with Gasteiger partial charge in [0.15, 0.2) is 0 Å². The van der Waals surface area contributed by atoms with Crippen LogP contribution in [0.4, 0.5) is 4.39 Å². The molecule has 0 aliphatic rings. The van der Waals surface area contributed by atoms with Crippen LogP contribution < -0.4 is 0 Å². The molecular weight excluding hydrogens is 281 g/mol. The molecule has 3 nitrogen and oxygen atoms in total. The Hall–Kier alpha value is -3.01. The van der Waals surface area contributed by atoms with Gasteiger partial charge >= 0.3 is 5.97 Å². The van der Waals surface area contributed by atoms with E-state index in [1.165, 1.54) is 24.5 Å². The zero-order valence-electron chi connectivity index (χ0n) is 11.5. The highest BCUT2D eigenvalue weighted by Gasteiger charge is 2.10. The summed E-state index contributed by atoms with van der Waals surface area (Å²) in [5.74, 6) is -1.50. The van der Waals surface area contributed by atoms with Crippen molar-refractivity contribution in [3.8, 4) is 22.3 Å². The van der Waals surface area contributed by atoms with Crippen molar-refractivity contribution < 1.29 is 14.3 Å². The number of rotatable bonds is 3. The molecule has 0 amide bonds. The van der Waals surface area contributed by atoms with E-state index in [-0.39, 0.29) is 5.56 Å². The molecule has 1 aromatic heterocycles. The smallest absolute Gasteiger partial charge is 0.337 e. The zero-order valence-corrected chi connectivity index (χ0v) is 11.5. The second-order valence-corrected chi connectivity index (χ2v) is 4.83. The molecule has 4 heteroatoms. The van der Waals surface area contributed by atoms with Gasteiger partial charge in [-0.3, -0.25) is 4.98 Å². The van der Waals surface area contributed by atoms with E-state index in [0.717, 1.165) is 11.1 Å². The fraction of sp³-hybridized carbons (Fsp3) is 0. The van der Waals surface area contributed by atoms with Gasteiger partial charge < -0.3 is 5.11 Å². The van der Waals surface area contributed by atoms with Crippen molar-refractivity contribution in [1.29, 1.82) is 0 Å². The summed E-state index contributed by atoms with van der Waals surface area (Å²) in [4.78, 5) is 14.8. The normalized spacial score (nSPS) is 10.4. The highest BCUT2D eigenvalue weighted by molar-refractivity contribution is 5.89. The minimum Gasteiger partial charge on any atom is -0.478 e. The average molecular weight is 293 g/mol. The predicted octanol–water partition coefficient (Wildman–Crippen LogP) is 4.25. The molecule has 0 saturated carbocycles. The maximum atomic E-state index is 14.4. The summed E-state index contributed by atoms with van der Waals surface area (Å²) in [5, 5.41) is 8.98. The lowest BCUT2D eigenvalue weighted by Gasteiger charge is -2.07. The molecular formula is C18H12FNO2. The summed E-state index contributed by atoms with van der Waals surface area (Å²) in [6, 6.07) is 15.8. The van der Waals surface area contributed by atoms with Gasteiger partial charge in [-0.2, -0.15) is 0 Å². The highest BCUT2D eigenvalue weighted by atomic mass is 19.1. The first-order valence-corrected chi connectivity index (χ1v) is 6.69. The van der Waals surface area contributed by atoms with E-state index in [0.29, 0.717) is 11.1 Å². The Morgan fingerprint density at radius 1 is 0.909 bits per heavy atom. The van der Waals surface area contributed by atoms with Gasteiger partial charge in [0.2, 0.25) is 0 Å². The van der Waals surface area contributed by atoms with E-state index in [4.69, 9.17) is 5.11 Å². The summed E-state index contributed by atoms with van der Waals surface area (Å²) in [6.07, 6.45) is 2.69. The first kappa shape index (κ1) is 13.9. The van der Waals surface area contributed by atoms with Gasteiger partial charge in [0.1, 0.15) is 5.82 Å². The summed E-state index contributed by atoms with van der Waals surface area (Å²) in [7, 11) is 0. The van der Waals surface area contributed by atoms with Crippen LogP contribution in [0.25, 0.3) is 22.3 Å².